The quantitative estimate of drug-likeness (QED) is 0.549. The molecule has 0 bridgehead atoms. The molecule has 0 radical (unpaired) electrons. The van der Waals surface area contributed by atoms with Crippen LogP contribution >= 0.6 is 31.9 Å². The molecule has 0 aliphatic carbocycles. The van der Waals surface area contributed by atoms with Gasteiger partial charge >= 0.3 is 5.97 Å². The van der Waals surface area contributed by atoms with E-state index in [-0.39, 0.29) is 5.56 Å². The van der Waals surface area contributed by atoms with E-state index in [0.29, 0.717) is 5.69 Å². The third kappa shape index (κ3) is 4.08. The first kappa shape index (κ1) is 16.5. The van der Waals surface area contributed by atoms with Crippen molar-refractivity contribution < 1.29 is 14.6 Å². The van der Waals surface area contributed by atoms with E-state index in [0.717, 1.165) is 20.3 Å². The summed E-state index contributed by atoms with van der Waals surface area (Å²) in [6.07, 6.45) is 1.65. The van der Waals surface area contributed by atoms with Gasteiger partial charge in [-0.15, -0.1) is 0 Å². The second-order valence-electron chi connectivity index (χ2n) is 4.27. The van der Waals surface area contributed by atoms with Crippen molar-refractivity contribution >= 4 is 49.7 Å². The summed E-state index contributed by atoms with van der Waals surface area (Å²) in [7, 11) is 1.60. The van der Waals surface area contributed by atoms with Crippen molar-refractivity contribution in [3.8, 4) is 5.75 Å². The number of ether oxygens (including phenoxy) is 1. The Morgan fingerprint density at radius 2 is 1.82 bits per heavy atom. The van der Waals surface area contributed by atoms with E-state index in [2.05, 4.69) is 42.4 Å². The van der Waals surface area contributed by atoms with Crippen molar-refractivity contribution in [1.29, 1.82) is 0 Å². The van der Waals surface area contributed by atoms with Crippen LogP contribution in [0.2, 0.25) is 0 Å². The van der Waals surface area contributed by atoms with Crippen LogP contribution in [0.15, 0.2) is 50.4 Å². The molecule has 22 heavy (non-hydrogen) atoms. The number of aromatic carboxylic acids is 1. The average Bonchev–Trinajstić information content (AvgIpc) is 2.47. The summed E-state index contributed by atoms with van der Waals surface area (Å²) in [6.45, 7) is 0. The molecule has 0 spiro atoms. The summed E-state index contributed by atoms with van der Waals surface area (Å²) in [5.41, 5.74) is 4.65. The number of methoxy groups -OCH3 is 1. The number of halogens is 2. The Labute approximate surface area is 144 Å². The van der Waals surface area contributed by atoms with Gasteiger partial charge in [0.15, 0.2) is 0 Å². The van der Waals surface area contributed by atoms with Crippen LogP contribution in [0.3, 0.4) is 0 Å². The van der Waals surface area contributed by atoms with Crippen molar-refractivity contribution in [3.63, 3.8) is 0 Å². The van der Waals surface area contributed by atoms with Crippen molar-refractivity contribution in [2.24, 2.45) is 5.10 Å². The van der Waals surface area contributed by atoms with Gasteiger partial charge in [-0.1, -0.05) is 0 Å². The topological polar surface area (TPSA) is 70.9 Å². The molecule has 0 aliphatic rings. The molecule has 0 saturated carbocycles. The van der Waals surface area contributed by atoms with Crippen molar-refractivity contribution in [3.05, 3.63) is 56.5 Å². The minimum absolute atomic E-state index is 0.234. The highest BCUT2D eigenvalue weighted by Crippen LogP contribution is 2.33. The SMILES string of the molecule is COc1c(Br)cc(C=NNc2ccc(C(=O)O)cc2)cc1Br. The Kier molecular flexibility index (Phi) is 5.57. The van der Waals surface area contributed by atoms with Crippen LogP contribution in [-0.2, 0) is 0 Å². The average molecular weight is 428 g/mol. The maximum atomic E-state index is 10.8. The third-order valence-corrected chi connectivity index (χ3v) is 3.94. The van der Waals surface area contributed by atoms with Gasteiger partial charge in [0, 0.05) is 0 Å². The molecule has 2 aromatic carbocycles. The fourth-order valence-electron chi connectivity index (χ4n) is 1.72. The molecule has 0 amide bonds. The number of nitrogens with one attached hydrogen (secondary N) is 1. The van der Waals surface area contributed by atoms with Gasteiger partial charge in [0.2, 0.25) is 0 Å². The maximum absolute atomic E-state index is 10.8. The second-order valence-corrected chi connectivity index (χ2v) is 5.98. The standard InChI is InChI=1S/C15H12Br2N2O3/c1-22-14-12(16)6-9(7-13(14)17)8-18-19-11-4-2-10(3-5-11)15(20)21/h2-8,19H,1H3,(H,20,21). The molecule has 0 heterocycles. The fraction of sp³-hybridized carbons (Fsp3) is 0.0667. The van der Waals surface area contributed by atoms with Crippen molar-refractivity contribution in [2.45, 2.75) is 0 Å². The van der Waals surface area contributed by atoms with Gasteiger partial charge in [-0.2, -0.15) is 5.10 Å². The van der Waals surface area contributed by atoms with E-state index in [1.807, 2.05) is 12.1 Å². The summed E-state index contributed by atoms with van der Waals surface area (Å²) in [4.78, 5) is 10.8. The van der Waals surface area contributed by atoms with E-state index >= 15 is 0 Å². The first-order valence-corrected chi connectivity index (χ1v) is 7.75. The van der Waals surface area contributed by atoms with E-state index in [1.165, 1.54) is 12.1 Å². The normalized spacial score (nSPS) is 10.7. The summed E-state index contributed by atoms with van der Waals surface area (Å²) < 4.78 is 6.87. The van der Waals surface area contributed by atoms with Gasteiger partial charge in [0.25, 0.3) is 0 Å². The highest BCUT2D eigenvalue weighted by molar-refractivity contribution is 9.11. The van der Waals surface area contributed by atoms with Gasteiger partial charge in [-0.05, 0) is 73.8 Å². The van der Waals surface area contributed by atoms with E-state index < -0.39 is 5.97 Å². The lowest BCUT2D eigenvalue weighted by Gasteiger charge is -2.07. The van der Waals surface area contributed by atoms with Gasteiger partial charge in [-0.25, -0.2) is 4.79 Å². The zero-order valence-corrected chi connectivity index (χ0v) is 14.7. The lowest BCUT2D eigenvalue weighted by molar-refractivity contribution is 0.0697. The number of hydrogen-bond donors (Lipinski definition) is 2. The van der Waals surface area contributed by atoms with Crippen LogP contribution in [0.5, 0.6) is 5.75 Å². The highest BCUT2D eigenvalue weighted by Gasteiger charge is 2.06. The monoisotopic (exact) mass is 426 g/mol. The largest absolute Gasteiger partial charge is 0.494 e. The number of rotatable bonds is 5. The number of carboxylic acids is 1. The lowest BCUT2D eigenvalue weighted by Crippen LogP contribution is -1.96. The number of hydrogen-bond acceptors (Lipinski definition) is 4. The number of anilines is 1. The predicted molar refractivity (Wildman–Crippen MR) is 93.0 cm³/mol. The second kappa shape index (κ2) is 7.42. The molecule has 2 N–H and O–H groups in total. The van der Waals surface area contributed by atoms with Crippen LogP contribution < -0.4 is 10.2 Å². The fourth-order valence-corrected chi connectivity index (χ4v) is 3.26. The minimum atomic E-state index is -0.956. The molecule has 7 heteroatoms. The zero-order chi connectivity index (χ0) is 16.1. The number of benzene rings is 2. The molecule has 0 unspecified atom stereocenters. The Morgan fingerprint density at radius 1 is 1.23 bits per heavy atom. The van der Waals surface area contributed by atoms with E-state index in [1.54, 1.807) is 25.5 Å². The van der Waals surface area contributed by atoms with E-state index in [4.69, 9.17) is 9.84 Å². The van der Waals surface area contributed by atoms with Gasteiger partial charge < -0.3 is 9.84 Å². The van der Waals surface area contributed by atoms with Gasteiger partial charge in [0.05, 0.1) is 33.5 Å². The smallest absolute Gasteiger partial charge is 0.335 e. The Hall–Kier alpha value is -1.86. The van der Waals surface area contributed by atoms with Gasteiger partial charge in [-0.3, -0.25) is 5.43 Å². The molecule has 0 aromatic heterocycles. The maximum Gasteiger partial charge on any atom is 0.335 e. The molecule has 0 fully saturated rings. The Bertz CT molecular complexity index is 692. The molecule has 0 aliphatic heterocycles. The molecule has 0 atom stereocenters. The Balaban J connectivity index is 2.08. The van der Waals surface area contributed by atoms with E-state index in [9.17, 15) is 4.79 Å². The molecule has 2 rings (SSSR count). The van der Waals surface area contributed by atoms with Crippen LogP contribution in [-0.4, -0.2) is 24.4 Å². The molecule has 114 valence electrons. The van der Waals surface area contributed by atoms with Crippen LogP contribution in [0, 0.1) is 0 Å². The number of carboxylic acid groups (broad SMARTS) is 1. The number of carbonyl (C=O) groups is 1. The molecule has 5 nitrogen and oxygen atoms in total. The van der Waals surface area contributed by atoms with Crippen molar-refractivity contribution in [2.75, 3.05) is 12.5 Å². The molecular formula is C15H12Br2N2O3. The minimum Gasteiger partial charge on any atom is -0.494 e. The summed E-state index contributed by atoms with van der Waals surface area (Å²) in [6, 6.07) is 10.1. The van der Waals surface area contributed by atoms with Crippen molar-refractivity contribution in [1.82, 2.24) is 0 Å². The summed E-state index contributed by atoms with van der Waals surface area (Å²) >= 11 is 6.85. The molecule has 2 aromatic rings. The van der Waals surface area contributed by atoms with Gasteiger partial charge in [0.1, 0.15) is 5.75 Å². The summed E-state index contributed by atoms with van der Waals surface area (Å²) in [5.74, 6) is -0.239. The van der Waals surface area contributed by atoms with Crippen LogP contribution in [0.4, 0.5) is 5.69 Å². The number of hydrazone groups is 1. The zero-order valence-electron chi connectivity index (χ0n) is 11.5. The number of nitrogens with zero attached hydrogens (tertiary/aromatic N) is 1. The van der Waals surface area contributed by atoms with Crippen LogP contribution in [0.1, 0.15) is 15.9 Å². The lowest BCUT2D eigenvalue weighted by atomic mass is 10.2. The predicted octanol–water partition coefficient (Wildman–Crippen LogP) is 4.36. The first-order valence-electron chi connectivity index (χ1n) is 6.16. The third-order valence-electron chi connectivity index (χ3n) is 2.76. The Morgan fingerprint density at radius 3 is 2.32 bits per heavy atom. The molecule has 0 saturated heterocycles. The highest BCUT2D eigenvalue weighted by atomic mass is 79.9. The van der Waals surface area contributed by atoms with Crippen LogP contribution in [0.25, 0.3) is 0 Å². The molecular weight excluding hydrogens is 416 g/mol. The first-order chi connectivity index (χ1) is 10.5. The summed E-state index contributed by atoms with van der Waals surface area (Å²) in [5, 5.41) is 12.9.